The number of aryl methyl sites for hydroxylation is 1. The van der Waals surface area contributed by atoms with Crippen LogP contribution in [0.5, 0.6) is 0 Å². The van der Waals surface area contributed by atoms with Crippen molar-refractivity contribution in [2.45, 2.75) is 12.1 Å². The summed E-state index contributed by atoms with van der Waals surface area (Å²) in [5, 5.41) is 7.11. The molecular weight excluding hydrogens is 234 g/mol. The minimum atomic E-state index is -0.222. The quantitative estimate of drug-likeness (QED) is 0.665. The normalized spacial score (nSPS) is 10.4. The van der Waals surface area contributed by atoms with E-state index in [4.69, 9.17) is 0 Å². The van der Waals surface area contributed by atoms with Gasteiger partial charge in [-0.05, 0) is 19.1 Å². The number of hydrogen-bond acceptors (Lipinski definition) is 3. The Bertz CT molecular complexity index is 568. The fourth-order valence-electron chi connectivity index (χ4n) is 1.43. The topological polar surface area (TPSA) is 50.7 Å². The second-order valence-corrected chi connectivity index (χ2v) is 4.57. The van der Waals surface area contributed by atoms with E-state index in [1.54, 1.807) is 10.6 Å². The van der Waals surface area contributed by atoms with Crippen LogP contribution in [0.3, 0.4) is 0 Å². The first-order valence-electron chi connectivity index (χ1n) is 5.20. The Morgan fingerprint density at radius 1 is 1.47 bits per heavy atom. The van der Waals surface area contributed by atoms with Crippen LogP contribution in [-0.2, 0) is 0 Å². The van der Waals surface area contributed by atoms with Crippen LogP contribution in [0.25, 0.3) is 5.69 Å². The second-order valence-electron chi connectivity index (χ2n) is 3.58. The first kappa shape index (κ1) is 11.7. The highest BCUT2D eigenvalue weighted by Crippen LogP contribution is 2.17. The van der Waals surface area contributed by atoms with E-state index < -0.39 is 0 Å². The minimum absolute atomic E-state index is 0.222. The second kappa shape index (κ2) is 5.05. The molecule has 2 rings (SSSR count). The molecule has 0 bridgehead atoms. The summed E-state index contributed by atoms with van der Waals surface area (Å²) >= 11 is 1.47. The molecule has 5 heteroatoms. The molecule has 0 amide bonds. The smallest absolute Gasteiger partial charge is 0.246 e. The van der Waals surface area contributed by atoms with Crippen molar-refractivity contribution < 1.29 is 0 Å². The number of thioether (sulfide) groups is 1. The molecule has 4 nitrogen and oxygen atoms in total. The molecule has 0 aliphatic heterocycles. The monoisotopic (exact) mass is 247 g/mol. The van der Waals surface area contributed by atoms with E-state index >= 15 is 0 Å². The van der Waals surface area contributed by atoms with Gasteiger partial charge in [0, 0.05) is 5.75 Å². The molecule has 1 N–H and O–H groups in total. The Hall–Kier alpha value is -1.75. The summed E-state index contributed by atoms with van der Waals surface area (Å²) in [6, 6.07) is 7.75. The Balaban J connectivity index is 2.43. The number of aromatic nitrogens is 3. The number of nitrogens with one attached hydrogen (secondary N) is 1. The number of nitrogens with zero attached hydrogens (tertiary/aromatic N) is 2. The lowest BCUT2D eigenvalue weighted by atomic mass is 10.2. The number of benzene rings is 1. The van der Waals surface area contributed by atoms with Crippen LogP contribution in [-0.4, -0.2) is 20.5 Å². The van der Waals surface area contributed by atoms with Crippen LogP contribution in [0.2, 0.25) is 0 Å². The van der Waals surface area contributed by atoms with Crippen molar-refractivity contribution in [3.8, 4) is 5.69 Å². The van der Waals surface area contributed by atoms with Crippen LogP contribution in [0.4, 0.5) is 0 Å². The van der Waals surface area contributed by atoms with Gasteiger partial charge in [-0.1, -0.05) is 35.5 Å². The standard InChI is InChI=1S/C12H13N3OS/c1-3-8-17-12-14-13-11(16)15(12)10-6-4-9(2)5-7-10/h3-7H,1,8H2,2H3,(H,13,16). The summed E-state index contributed by atoms with van der Waals surface area (Å²) < 4.78 is 1.56. The van der Waals surface area contributed by atoms with Crippen molar-refractivity contribution in [1.29, 1.82) is 0 Å². The zero-order valence-electron chi connectivity index (χ0n) is 9.51. The van der Waals surface area contributed by atoms with E-state index in [1.807, 2.05) is 31.2 Å². The Morgan fingerprint density at radius 3 is 2.82 bits per heavy atom. The molecule has 0 fully saturated rings. The van der Waals surface area contributed by atoms with Gasteiger partial charge in [0.2, 0.25) is 0 Å². The predicted molar refractivity (Wildman–Crippen MR) is 69.8 cm³/mol. The van der Waals surface area contributed by atoms with Crippen LogP contribution in [0.15, 0.2) is 46.9 Å². The number of H-pyrrole nitrogens is 1. The summed E-state index contributed by atoms with van der Waals surface area (Å²) in [5.41, 5.74) is 1.76. The molecular formula is C12H13N3OS. The van der Waals surface area contributed by atoms with Gasteiger partial charge in [0.1, 0.15) is 0 Å². The Kier molecular flexibility index (Phi) is 3.49. The lowest BCUT2D eigenvalue weighted by Gasteiger charge is -2.04. The Morgan fingerprint density at radius 2 is 2.18 bits per heavy atom. The zero-order valence-corrected chi connectivity index (χ0v) is 10.3. The fourth-order valence-corrected chi connectivity index (χ4v) is 2.13. The molecule has 0 aliphatic rings. The molecule has 0 aliphatic carbocycles. The van der Waals surface area contributed by atoms with E-state index in [-0.39, 0.29) is 5.69 Å². The molecule has 0 unspecified atom stereocenters. The van der Waals surface area contributed by atoms with Gasteiger partial charge in [0.25, 0.3) is 0 Å². The van der Waals surface area contributed by atoms with Crippen LogP contribution in [0, 0.1) is 6.92 Å². The van der Waals surface area contributed by atoms with Gasteiger partial charge in [-0.15, -0.1) is 11.7 Å². The largest absolute Gasteiger partial charge is 0.348 e. The van der Waals surface area contributed by atoms with Gasteiger partial charge in [-0.25, -0.2) is 14.5 Å². The average molecular weight is 247 g/mol. The molecule has 0 spiro atoms. The first-order chi connectivity index (χ1) is 8.22. The molecule has 0 radical (unpaired) electrons. The SMILES string of the molecule is C=CCSc1n[nH]c(=O)n1-c1ccc(C)cc1. The van der Waals surface area contributed by atoms with Gasteiger partial charge in [0.05, 0.1) is 5.69 Å². The maximum absolute atomic E-state index is 11.7. The van der Waals surface area contributed by atoms with Crippen molar-refractivity contribution in [2.75, 3.05) is 5.75 Å². The summed E-state index contributed by atoms with van der Waals surface area (Å²) in [7, 11) is 0. The predicted octanol–water partition coefficient (Wildman–Crippen LogP) is 2.15. The maximum atomic E-state index is 11.7. The van der Waals surface area contributed by atoms with Crippen molar-refractivity contribution in [1.82, 2.24) is 14.8 Å². The third kappa shape index (κ3) is 2.50. The zero-order chi connectivity index (χ0) is 12.3. The van der Waals surface area contributed by atoms with Crippen molar-refractivity contribution >= 4 is 11.8 Å². The molecule has 17 heavy (non-hydrogen) atoms. The van der Waals surface area contributed by atoms with E-state index in [1.165, 1.54) is 11.8 Å². The lowest BCUT2D eigenvalue weighted by Crippen LogP contribution is -2.15. The molecule has 0 saturated heterocycles. The summed E-state index contributed by atoms with van der Waals surface area (Å²) in [6.45, 7) is 5.66. The highest BCUT2D eigenvalue weighted by molar-refractivity contribution is 7.99. The van der Waals surface area contributed by atoms with E-state index in [9.17, 15) is 4.79 Å². The van der Waals surface area contributed by atoms with Gasteiger partial charge in [-0.3, -0.25) is 0 Å². The Labute approximate surface area is 103 Å². The van der Waals surface area contributed by atoms with Crippen LogP contribution < -0.4 is 5.69 Å². The third-order valence-corrected chi connectivity index (χ3v) is 3.20. The van der Waals surface area contributed by atoms with Gasteiger partial charge in [-0.2, -0.15) is 0 Å². The molecule has 0 saturated carbocycles. The fraction of sp³-hybridized carbons (Fsp3) is 0.167. The van der Waals surface area contributed by atoms with Crippen molar-refractivity contribution in [2.24, 2.45) is 0 Å². The summed E-state index contributed by atoms with van der Waals surface area (Å²) in [6.07, 6.45) is 1.78. The molecule has 1 heterocycles. The number of hydrogen-bond donors (Lipinski definition) is 1. The first-order valence-corrected chi connectivity index (χ1v) is 6.19. The minimum Gasteiger partial charge on any atom is -0.246 e. The van der Waals surface area contributed by atoms with E-state index in [2.05, 4.69) is 16.8 Å². The van der Waals surface area contributed by atoms with Crippen LogP contribution >= 0.6 is 11.8 Å². The van der Waals surface area contributed by atoms with E-state index in [0.29, 0.717) is 5.16 Å². The van der Waals surface area contributed by atoms with E-state index in [0.717, 1.165) is 17.0 Å². The summed E-state index contributed by atoms with van der Waals surface area (Å²) in [4.78, 5) is 11.7. The average Bonchev–Trinajstić information content (AvgIpc) is 2.69. The van der Waals surface area contributed by atoms with Gasteiger partial charge in [0.15, 0.2) is 5.16 Å². The highest BCUT2D eigenvalue weighted by Gasteiger charge is 2.09. The van der Waals surface area contributed by atoms with Crippen molar-refractivity contribution in [3.05, 3.63) is 53.0 Å². The molecule has 88 valence electrons. The molecule has 1 aromatic heterocycles. The lowest BCUT2D eigenvalue weighted by molar-refractivity contribution is 0.871. The molecule has 2 aromatic rings. The van der Waals surface area contributed by atoms with Gasteiger partial charge >= 0.3 is 5.69 Å². The highest BCUT2D eigenvalue weighted by atomic mass is 32.2. The summed E-state index contributed by atoms with van der Waals surface area (Å²) in [5.74, 6) is 0.718. The molecule has 1 aromatic carbocycles. The van der Waals surface area contributed by atoms with Gasteiger partial charge < -0.3 is 0 Å². The van der Waals surface area contributed by atoms with Crippen LogP contribution in [0.1, 0.15) is 5.56 Å². The molecule has 0 atom stereocenters. The third-order valence-electron chi connectivity index (χ3n) is 2.26. The number of aromatic amines is 1. The maximum Gasteiger partial charge on any atom is 0.348 e. The van der Waals surface area contributed by atoms with Crippen molar-refractivity contribution in [3.63, 3.8) is 0 Å². The number of rotatable bonds is 4.